The van der Waals surface area contributed by atoms with E-state index in [-0.39, 0.29) is 0 Å². The Bertz CT molecular complexity index is 507. The predicted molar refractivity (Wildman–Crippen MR) is 82.1 cm³/mol. The van der Waals surface area contributed by atoms with E-state index in [9.17, 15) is 4.79 Å². The standard InChI is InChI=1S/C16H24N4O/c17-15(21)13-10-18-16(19-12-7-2-1-3-8-12)20-14(13)9-11-5-4-6-11/h10-12H,1-9H2,(H2,17,21)(H,18,19,20). The van der Waals surface area contributed by atoms with E-state index < -0.39 is 5.91 Å². The van der Waals surface area contributed by atoms with Gasteiger partial charge in [-0.15, -0.1) is 0 Å². The van der Waals surface area contributed by atoms with E-state index in [0.29, 0.717) is 23.5 Å². The number of primary amides is 1. The van der Waals surface area contributed by atoms with Gasteiger partial charge < -0.3 is 11.1 Å². The topological polar surface area (TPSA) is 80.9 Å². The van der Waals surface area contributed by atoms with Gasteiger partial charge in [0.2, 0.25) is 5.95 Å². The zero-order valence-corrected chi connectivity index (χ0v) is 12.5. The molecule has 0 atom stereocenters. The Balaban J connectivity index is 1.74. The van der Waals surface area contributed by atoms with Crippen LogP contribution in [0.2, 0.25) is 0 Å². The highest BCUT2D eigenvalue weighted by molar-refractivity contribution is 5.93. The van der Waals surface area contributed by atoms with Crippen molar-refractivity contribution in [2.45, 2.75) is 63.8 Å². The van der Waals surface area contributed by atoms with Gasteiger partial charge in [0, 0.05) is 12.2 Å². The highest BCUT2D eigenvalue weighted by Crippen LogP contribution is 2.30. The SMILES string of the molecule is NC(=O)c1cnc(NC2CCCCC2)nc1CC1CCC1. The predicted octanol–water partition coefficient (Wildman–Crippen LogP) is 2.66. The lowest BCUT2D eigenvalue weighted by molar-refractivity contribution is 0.0998. The smallest absolute Gasteiger partial charge is 0.252 e. The maximum atomic E-state index is 11.5. The summed E-state index contributed by atoms with van der Waals surface area (Å²) in [5.41, 5.74) is 6.75. The maximum Gasteiger partial charge on any atom is 0.252 e. The van der Waals surface area contributed by atoms with E-state index in [0.717, 1.165) is 12.1 Å². The van der Waals surface area contributed by atoms with Crippen molar-refractivity contribution in [1.82, 2.24) is 9.97 Å². The number of aromatic nitrogens is 2. The molecular weight excluding hydrogens is 264 g/mol. The Kier molecular flexibility index (Phi) is 4.36. The van der Waals surface area contributed by atoms with Gasteiger partial charge in [0.25, 0.3) is 5.91 Å². The maximum absolute atomic E-state index is 11.5. The molecule has 114 valence electrons. The van der Waals surface area contributed by atoms with Crippen LogP contribution in [0.3, 0.4) is 0 Å². The second-order valence-electron chi connectivity index (χ2n) is 6.40. The van der Waals surface area contributed by atoms with E-state index >= 15 is 0 Å². The minimum absolute atomic E-state index is 0.423. The summed E-state index contributed by atoms with van der Waals surface area (Å²) in [5, 5.41) is 3.42. The van der Waals surface area contributed by atoms with Gasteiger partial charge in [-0.3, -0.25) is 4.79 Å². The van der Waals surface area contributed by atoms with Gasteiger partial charge in [-0.05, 0) is 25.2 Å². The minimum atomic E-state index is -0.423. The van der Waals surface area contributed by atoms with Crippen molar-refractivity contribution in [1.29, 1.82) is 0 Å². The molecule has 5 nitrogen and oxygen atoms in total. The Morgan fingerprint density at radius 3 is 2.57 bits per heavy atom. The van der Waals surface area contributed by atoms with E-state index in [1.54, 1.807) is 6.20 Å². The molecule has 5 heteroatoms. The number of amides is 1. The number of carbonyl (C=O) groups is 1. The number of hydrogen-bond acceptors (Lipinski definition) is 4. The van der Waals surface area contributed by atoms with E-state index in [2.05, 4.69) is 15.3 Å². The summed E-state index contributed by atoms with van der Waals surface area (Å²) in [7, 11) is 0. The Morgan fingerprint density at radius 1 is 1.19 bits per heavy atom. The van der Waals surface area contributed by atoms with Crippen LogP contribution in [0.5, 0.6) is 0 Å². The first-order chi connectivity index (χ1) is 10.2. The molecule has 0 radical (unpaired) electrons. The first-order valence-corrected chi connectivity index (χ1v) is 8.14. The second kappa shape index (κ2) is 6.41. The quantitative estimate of drug-likeness (QED) is 0.872. The molecule has 0 aromatic carbocycles. The Hall–Kier alpha value is -1.65. The molecule has 0 spiro atoms. The third kappa shape index (κ3) is 3.52. The Morgan fingerprint density at radius 2 is 1.95 bits per heavy atom. The first kappa shape index (κ1) is 14.3. The van der Waals surface area contributed by atoms with Gasteiger partial charge >= 0.3 is 0 Å². The average molecular weight is 288 g/mol. The summed E-state index contributed by atoms with van der Waals surface area (Å²) in [6.07, 6.45) is 12.4. The summed E-state index contributed by atoms with van der Waals surface area (Å²) < 4.78 is 0. The number of rotatable bonds is 5. The van der Waals surface area contributed by atoms with Gasteiger partial charge in [-0.1, -0.05) is 38.5 Å². The number of nitrogens with zero attached hydrogens (tertiary/aromatic N) is 2. The molecule has 0 saturated heterocycles. The van der Waals surface area contributed by atoms with Crippen LogP contribution >= 0.6 is 0 Å². The fraction of sp³-hybridized carbons (Fsp3) is 0.688. The van der Waals surface area contributed by atoms with Crippen molar-refractivity contribution < 1.29 is 4.79 Å². The van der Waals surface area contributed by atoms with Crippen LogP contribution in [0.1, 0.15) is 67.4 Å². The molecule has 0 unspecified atom stereocenters. The van der Waals surface area contributed by atoms with Gasteiger partial charge in [0.15, 0.2) is 0 Å². The highest BCUT2D eigenvalue weighted by Gasteiger charge is 2.22. The summed E-state index contributed by atoms with van der Waals surface area (Å²) in [6, 6.07) is 0.467. The Labute approximate surface area is 125 Å². The van der Waals surface area contributed by atoms with Crippen LogP contribution in [0.4, 0.5) is 5.95 Å². The summed E-state index contributed by atoms with van der Waals surface area (Å²) >= 11 is 0. The molecule has 2 aliphatic carbocycles. The van der Waals surface area contributed by atoms with Crippen molar-refractivity contribution in [2.24, 2.45) is 11.7 Å². The molecular formula is C16H24N4O. The zero-order chi connectivity index (χ0) is 14.7. The highest BCUT2D eigenvalue weighted by atomic mass is 16.1. The van der Waals surface area contributed by atoms with Gasteiger partial charge in [0.1, 0.15) is 0 Å². The van der Waals surface area contributed by atoms with Gasteiger partial charge in [-0.25, -0.2) is 9.97 Å². The van der Waals surface area contributed by atoms with Crippen molar-refractivity contribution in [3.05, 3.63) is 17.5 Å². The molecule has 2 saturated carbocycles. The number of nitrogens with one attached hydrogen (secondary N) is 1. The van der Waals surface area contributed by atoms with Gasteiger partial charge in [0.05, 0.1) is 11.3 Å². The van der Waals surface area contributed by atoms with E-state index in [1.807, 2.05) is 0 Å². The molecule has 2 aliphatic rings. The van der Waals surface area contributed by atoms with Crippen LogP contribution in [0, 0.1) is 5.92 Å². The fourth-order valence-electron chi connectivity index (χ4n) is 3.25. The monoisotopic (exact) mass is 288 g/mol. The molecule has 1 aromatic rings. The number of nitrogens with two attached hydrogens (primary N) is 1. The molecule has 1 heterocycles. The largest absolute Gasteiger partial charge is 0.365 e. The molecule has 2 fully saturated rings. The van der Waals surface area contributed by atoms with Crippen LogP contribution < -0.4 is 11.1 Å². The summed E-state index contributed by atoms with van der Waals surface area (Å²) in [5.74, 6) is 0.885. The number of carbonyl (C=O) groups excluding carboxylic acids is 1. The van der Waals surface area contributed by atoms with Gasteiger partial charge in [-0.2, -0.15) is 0 Å². The second-order valence-corrected chi connectivity index (χ2v) is 6.40. The van der Waals surface area contributed by atoms with Crippen molar-refractivity contribution in [3.8, 4) is 0 Å². The molecule has 3 N–H and O–H groups in total. The summed E-state index contributed by atoms with van der Waals surface area (Å²) in [4.78, 5) is 20.4. The van der Waals surface area contributed by atoms with Crippen LogP contribution in [0.25, 0.3) is 0 Å². The first-order valence-electron chi connectivity index (χ1n) is 8.14. The molecule has 0 bridgehead atoms. The van der Waals surface area contributed by atoms with Crippen molar-refractivity contribution in [2.75, 3.05) is 5.32 Å². The molecule has 21 heavy (non-hydrogen) atoms. The number of hydrogen-bond donors (Lipinski definition) is 2. The third-order valence-electron chi connectivity index (χ3n) is 4.78. The third-order valence-corrected chi connectivity index (χ3v) is 4.78. The van der Waals surface area contributed by atoms with Crippen LogP contribution in [-0.4, -0.2) is 21.9 Å². The van der Waals surface area contributed by atoms with Crippen molar-refractivity contribution in [3.63, 3.8) is 0 Å². The van der Waals surface area contributed by atoms with Crippen LogP contribution in [0.15, 0.2) is 6.20 Å². The summed E-state index contributed by atoms with van der Waals surface area (Å²) in [6.45, 7) is 0. The fourth-order valence-corrected chi connectivity index (χ4v) is 3.25. The lowest BCUT2D eigenvalue weighted by atomic mass is 9.81. The lowest BCUT2D eigenvalue weighted by Gasteiger charge is -2.26. The van der Waals surface area contributed by atoms with E-state index in [4.69, 9.17) is 5.73 Å². The molecule has 1 aromatic heterocycles. The van der Waals surface area contributed by atoms with E-state index in [1.165, 1.54) is 51.4 Å². The van der Waals surface area contributed by atoms with Crippen LogP contribution in [-0.2, 0) is 6.42 Å². The molecule has 0 aliphatic heterocycles. The normalized spacial score (nSPS) is 20.0. The van der Waals surface area contributed by atoms with Crippen molar-refractivity contribution >= 4 is 11.9 Å². The number of anilines is 1. The zero-order valence-electron chi connectivity index (χ0n) is 12.5. The average Bonchev–Trinajstić information content (AvgIpc) is 2.44. The molecule has 3 rings (SSSR count). The molecule has 1 amide bonds. The lowest BCUT2D eigenvalue weighted by Crippen LogP contribution is -2.25. The minimum Gasteiger partial charge on any atom is -0.365 e.